The van der Waals surface area contributed by atoms with Crippen LogP contribution < -0.4 is 9.47 Å². The quantitative estimate of drug-likeness (QED) is 0.626. The fraction of sp³-hybridized carbons (Fsp3) is 0.444. The molecule has 1 aromatic heterocycles. The van der Waals surface area contributed by atoms with E-state index in [1.807, 2.05) is 0 Å². The summed E-state index contributed by atoms with van der Waals surface area (Å²) < 4.78 is 69.4. The minimum atomic E-state index is -5.04. The highest BCUT2D eigenvalue weighted by molar-refractivity contribution is 6.17. The first-order valence-corrected chi connectivity index (χ1v) is 4.99. The van der Waals surface area contributed by atoms with Gasteiger partial charge in [-0.05, 0) is 6.07 Å². The van der Waals surface area contributed by atoms with Crippen LogP contribution in [0.1, 0.15) is 17.7 Å². The minimum Gasteiger partial charge on any atom is -0.495 e. The summed E-state index contributed by atoms with van der Waals surface area (Å²) in [5.41, 5.74) is -1.14. The number of hydrogen-bond donors (Lipinski definition) is 0. The van der Waals surface area contributed by atoms with Gasteiger partial charge in [0.15, 0.2) is 5.69 Å². The summed E-state index contributed by atoms with van der Waals surface area (Å²) in [6.07, 6.45) is -8.14. The maximum atomic E-state index is 12.6. The summed E-state index contributed by atoms with van der Waals surface area (Å²) >= 11 is 5.39. The summed E-state index contributed by atoms with van der Waals surface area (Å²) in [5, 5.41) is 0. The SMILES string of the molecule is COc1cc(CCl)c(OC(F)(F)F)nc1C(F)F. The zero-order chi connectivity index (χ0) is 13.9. The van der Waals surface area contributed by atoms with Gasteiger partial charge in [-0.25, -0.2) is 13.8 Å². The van der Waals surface area contributed by atoms with Gasteiger partial charge in [0.2, 0.25) is 5.88 Å². The largest absolute Gasteiger partial charge is 0.574 e. The van der Waals surface area contributed by atoms with Gasteiger partial charge in [0.25, 0.3) is 6.43 Å². The highest BCUT2D eigenvalue weighted by atomic mass is 35.5. The van der Waals surface area contributed by atoms with Gasteiger partial charge >= 0.3 is 6.36 Å². The van der Waals surface area contributed by atoms with E-state index in [0.29, 0.717) is 0 Å². The average molecular weight is 292 g/mol. The van der Waals surface area contributed by atoms with Crippen LogP contribution >= 0.6 is 11.6 Å². The molecule has 0 aliphatic carbocycles. The van der Waals surface area contributed by atoms with E-state index in [2.05, 4.69) is 14.5 Å². The van der Waals surface area contributed by atoms with Gasteiger partial charge in [0.05, 0.1) is 13.0 Å². The lowest BCUT2D eigenvalue weighted by Gasteiger charge is -2.14. The molecule has 0 amide bonds. The summed E-state index contributed by atoms with van der Waals surface area (Å²) in [5.74, 6) is -1.75. The molecule has 1 heterocycles. The second-order valence-corrected chi connectivity index (χ2v) is 3.29. The van der Waals surface area contributed by atoms with E-state index in [9.17, 15) is 22.0 Å². The van der Waals surface area contributed by atoms with Crippen molar-refractivity contribution in [3.63, 3.8) is 0 Å². The molecule has 1 aromatic rings. The topological polar surface area (TPSA) is 31.4 Å². The van der Waals surface area contributed by atoms with Gasteiger partial charge in [0, 0.05) is 5.56 Å². The van der Waals surface area contributed by atoms with Gasteiger partial charge in [-0.1, -0.05) is 0 Å². The van der Waals surface area contributed by atoms with E-state index in [4.69, 9.17) is 11.6 Å². The highest BCUT2D eigenvalue weighted by Crippen LogP contribution is 2.34. The number of ether oxygens (including phenoxy) is 2. The van der Waals surface area contributed by atoms with E-state index in [1.54, 1.807) is 0 Å². The lowest BCUT2D eigenvalue weighted by Crippen LogP contribution is -2.19. The lowest BCUT2D eigenvalue weighted by atomic mass is 10.2. The van der Waals surface area contributed by atoms with Crippen molar-refractivity contribution in [2.24, 2.45) is 0 Å². The molecular weight excluding hydrogens is 285 g/mol. The average Bonchev–Trinajstić information content (AvgIpc) is 2.26. The van der Waals surface area contributed by atoms with E-state index >= 15 is 0 Å². The Morgan fingerprint density at radius 3 is 2.39 bits per heavy atom. The first-order chi connectivity index (χ1) is 8.28. The molecule has 0 radical (unpaired) electrons. The zero-order valence-electron chi connectivity index (χ0n) is 8.89. The van der Waals surface area contributed by atoms with Crippen LogP contribution in [0.4, 0.5) is 22.0 Å². The molecule has 0 atom stereocenters. The van der Waals surface area contributed by atoms with Crippen molar-refractivity contribution in [2.45, 2.75) is 18.7 Å². The van der Waals surface area contributed by atoms with Crippen molar-refractivity contribution in [1.29, 1.82) is 0 Å². The Labute approximate surface area is 103 Å². The number of alkyl halides is 6. The molecule has 0 N–H and O–H groups in total. The molecule has 0 saturated carbocycles. The monoisotopic (exact) mass is 291 g/mol. The number of aromatic nitrogens is 1. The number of pyridine rings is 1. The van der Waals surface area contributed by atoms with Crippen LogP contribution in [0.15, 0.2) is 6.07 Å². The predicted octanol–water partition coefficient (Wildman–Crippen LogP) is 3.67. The van der Waals surface area contributed by atoms with Crippen LogP contribution in [-0.4, -0.2) is 18.5 Å². The fourth-order valence-corrected chi connectivity index (χ4v) is 1.34. The van der Waals surface area contributed by atoms with Crippen molar-refractivity contribution in [1.82, 2.24) is 4.98 Å². The Kier molecular flexibility index (Phi) is 4.55. The van der Waals surface area contributed by atoms with Crippen molar-refractivity contribution in [3.8, 4) is 11.6 Å². The minimum absolute atomic E-state index is 0.199. The zero-order valence-corrected chi connectivity index (χ0v) is 9.65. The molecule has 0 fully saturated rings. The molecule has 0 saturated heterocycles. The molecule has 0 bridgehead atoms. The van der Waals surface area contributed by atoms with Crippen molar-refractivity contribution in [3.05, 3.63) is 17.3 Å². The molecule has 18 heavy (non-hydrogen) atoms. The van der Waals surface area contributed by atoms with Gasteiger partial charge in [-0.3, -0.25) is 0 Å². The smallest absolute Gasteiger partial charge is 0.495 e. The van der Waals surface area contributed by atoms with Gasteiger partial charge < -0.3 is 9.47 Å². The van der Waals surface area contributed by atoms with E-state index < -0.39 is 30.2 Å². The summed E-state index contributed by atoms with van der Waals surface area (Å²) in [7, 11) is 1.09. The molecular formula is C9H7ClF5NO2. The molecule has 0 aromatic carbocycles. The molecule has 1 rings (SSSR count). The molecule has 102 valence electrons. The maximum absolute atomic E-state index is 12.6. The van der Waals surface area contributed by atoms with Crippen LogP contribution in [0.2, 0.25) is 0 Å². The molecule has 0 unspecified atom stereocenters. The Morgan fingerprint density at radius 1 is 1.39 bits per heavy atom. The maximum Gasteiger partial charge on any atom is 0.574 e. The second kappa shape index (κ2) is 5.55. The standard InChI is InChI=1S/C9H7ClF5NO2/c1-17-5-2-4(3-10)8(18-9(13,14)15)16-6(5)7(11)12/h2,7H,3H2,1H3. The first kappa shape index (κ1) is 14.7. The fourth-order valence-electron chi connectivity index (χ4n) is 1.14. The van der Waals surface area contributed by atoms with Crippen molar-refractivity contribution >= 4 is 11.6 Å². The Balaban J connectivity index is 3.27. The van der Waals surface area contributed by atoms with Crippen molar-refractivity contribution < 1.29 is 31.4 Å². The van der Waals surface area contributed by atoms with E-state index in [0.717, 1.165) is 13.2 Å². The van der Waals surface area contributed by atoms with Gasteiger partial charge in [-0.15, -0.1) is 24.8 Å². The number of methoxy groups -OCH3 is 1. The third-order valence-electron chi connectivity index (χ3n) is 1.84. The van der Waals surface area contributed by atoms with Crippen LogP contribution in [-0.2, 0) is 5.88 Å². The van der Waals surface area contributed by atoms with Gasteiger partial charge in [0.1, 0.15) is 5.75 Å². The molecule has 0 aliphatic rings. The summed E-state index contributed by atoms with van der Waals surface area (Å²) in [4.78, 5) is 3.10. The van der Waals surface area contributed by atoms with E-state index in [1.165, 1.54) is 0 Å². The third-order valence-corrected chi connectivity index (χ3v) is 2.13. The predicted molar refractivity (Wildman–Crippen MR) is 52.0 cm³/mol. The van der Waals surface area contributed by atoms with E-state index in [-0.39, 0.29) is 11.3 Å². The highest BCUT2D eigenvalue weighted by Gasteiger charge is 2.34. The number of nitrogens with zero attached hydrogens (tertiary/aromatic N) is 1. The first-order valence-electron chi connectivity index (χ1n) is 4.46. The molecule has 0 spiro atoms. The molecule has 3 nitrogen and oxygen atoms in total. The van der Waals surface area contributed by atoms with Crippen molar-refractivity contribution in [2.75, 3.05) is 7.11 Å². The second-order valence-electron chi connectivity index (χ2n) is 3.02. The number of hydrogen-bond acceptors (Lipinski definition) is 3. The Hall–Kier alpha value is -1.31. The van der Waals surface area contributed by atoms with Crippen LogP contribution in [0.25, 0.3) is 0 Å². The molecule has 0 aliphatic heterocycles. The number of halogens is 6. The van der Waals surface area contributed by atoms with Gasteiger partial charge in [-0.2, -0.15) is 0 Å². The summed E-state index contributed by atoms with van der Waals surface area (Å²) in [6.45, 7) is 0. The normalized spacial score (nSPS) is 11.8. The van der Waals surface area contributed by atoms with Crippen LogP contribution in [0.5, 0.6) is 11.6 Å². The third kappa shape index (κ3) is 3.59. The Morgan fingerprint density at radius 2 is 2.00 bits per heavy atom. The van der Waals surface area contributed by atoms with Crippen LogP contribution in [0, 0.1) is 0 Å². The van der Waals surface area contributed by atoms with Crippen LogP contribution in [0.3, 0.4) is 0 Å². The molecule has 9 heteroatoms. The number of rotatable bonds is 4. The lowest BCUT2D eigenvalue weighted by molar-refractivity contribution is -0.276. The Bertz CT molecular complexity index is 424. The summed E-state index contributed by atoms with van der Waals surface area (Å²) in [6, 6.07) is 0.933.